The molecule has 0 fully saturated rings. The van der Waals surface area contributed by atoms with Gasteiger partial charge in [-0.25, -0.2) is 9.97 Å². The summed E-state index contributed by atoms with van der Waals surface area (Å²) in [5.41, 5.74) is 12.4. The molecule has 0 aliphatic heterocycles. The number of fused-ring (bicyclic) bond motifs is 5. The van der Waals surface area contributed by atoms with Gasteiger partial charge in [0.2, 0.25) is 0 Å². The predicted molar refractivity (Wildman–Crippen MR) is 176 cm³/mol. The highest BCUT2D eigenvalue weighted by atomic mass is 16.3. The summed E-state index contributed by atoms with van der Waals surface area (Å²) in [6, 6.07) is 41.2. The lowest BCUT2D eigenvalue weighted by atomic mass is 9.69. The number of hydrogen-bond donors (Lipinski definition) is 0. The lowest BCUT2D eigenvalue weighted by molar-refractivity contribution is 0.667. The number of benzene rings is 5. The van der Waals surface area contributed by atoms with Crippen molar-refractivity contribution < 1.29 is 4.42 Å². The Morgan fingerprint density at radius 3 is 2.22 bits per heavy atom. The highest BCUT2D eigenvalue weighted by molar-refractivity contribution is 6.07. The van der Waals surface area contributed by atoms with Crippen LogP contribution in [0.5, 0.6) is 0 Å². The van der Waals surface area contributed by atoms with Crippen molar-refractivity contribution in [2.45, 2.75) is 25.7 Å². The van der Waals surface area contributed by atoms with Crippen LogP contribution < -0.4 is 0 Å². The van der Waals surface area contributed by atoms with Gasteiger partial charge in [-0.05, 0) is 76.7 Å². The number of hydrogen-bond acceptors (Lipinski definition) is 5. The van der Waals surface area contributed by atoms with E-state index in [1.165, 1.54) is 16.7 Å². The van der Waals surface area contributed by atoms with Gasteiger partial charge in [0.15, 0.2) is 11.4 Å². The van der Waals surface area contributed by atoms with Crippen LogP contribution in [0, 0.1) is 29.6 Å². The van der Waals surface area contributed by atoms with E-state index >= 15 is 0 Å². The monoisotopic (exact) mass is 578 g/mol. The molecule has 7 aromatic rings. The molecule has 1 aliphatic carbocycles. The minimum atomic E-state index is -0.0845. The molecule has 0 bridgehead atoms. The van der Waals surface area contributed by atoms with Gasteiger partial charge in [-0.1, -0.05) is 79.7 Å². The third kappa shape index (κ3) is 4.13. The first-order chi connectivity index (χ1) is 22.1. The van der Waals surface area contributed by atoms with Gasteiger partial charge < -0.3 is 4.42 Å². The average molecular weight is 579 g/mol. The lowest BCUT2D eigenvalue weighted by Crippen LogP contribution is -2.19. The second-order valence-corrected chi connectivity index (χ2v) is 11.6. The Kier molecular flexibility index (Phi) is 6.08. The lowest BCUT2D eigenvalue weighted by Gasteiger charge is -2.34. The molecule has 2 heterocycles. The Morgan fingerprint density at radius 1 is 0.689 bits per heavy atom. The number of rotatable bonds is 3. The van der Waals surface area contributed by atoms with E-state index in [1.807, 2.05) is 72.8 Å². The van der Waals surface area contributed by atoms with E-state index < -0.39 is 0 Å². The second-order valence-electron chi connectivity index (χ2n) is 11.6. The van der Waals surface area contributed by atoms with Crippen molar-refractivity contribution in [3.63, 3.8) is 0 Å². The van der Waals surface area contributed by atoms with Gasteiger partial charge in [0.1, 0.15) is 16.8 Å². The van der Waals surface area contributed by atoms with Gasteiger partial charge in [-0.15, -0.1) is 0 Å². The van der Waals surface area contributed by atoms with Crippen LogP contribution in [0.2, 0.25) is 0 Å². The van der Waals surface area contributed by atoms with Gasteiger partial charge in [0.05, 0.1) is 23.3 Å². The van der Waals surface area contributed by atoms with E-state index in [0.29, 0.717) is 39.3 Å². The first kappa shape index (κ1) is 26.6. The maximum Gasteiger partial charge on any atom is 0.180 e. The summed E-state index contributed by atoms with van der Waals surface area (Å²) >= 11 is 0. The molecule has 5 aromatic carbocycles. The van der Waals surface area contributed by atoms with Crippen LogP contribution in [0.25, 0.3) is 44.7 Å². The third-order valence-corrected chi connectivity index (χ3v) is 9.11. The molecule has 5 heteroatoms. The van der Waals surface area contributed by atoms with Crippen molar-refractivity contribution in [1.82, 2.24) is 9.97 Å². The quantitative estimate of drug-likeness (QED) is 0.208. The Bertz CT molecular complexity index is 2390. The van der Waals surface area contributed by atoms with Crippen LogP contribution in [0.1, 0.15) is 63.3 Å². The molecular weight excluding hydrogens is 552 g/mol. The van der Waals surface area contributed by atoms with Crippen molar-refractivity contribution in [1.29, 1.82) is 10.5 Å². The molecule has 0 N–H and O–H groups in total. The molecule has 5 nitrogen and oxygen atoms in total. The number of aryl methyl sites for hydroxylation is 1. The SMILES string of the molecule is Cc1cc(C#N)c(-c2nc(-c3ccccc3)c3oc4ccccc4c3n2)cc1C1c2ccccc2C(C)c2cc(C#N)ccc21. The highest BCUT2D eigenvalue weighted by Gasteiger charge is 2.33. The van der Waals surface area contributed by atoms with E-state index in [1.54, 1.807) is 0 Å². The van der Waals surface area contributed by atoms with Crippen LogP contribution in [-0.4, -0.2) is 9.97 Å². The third-order valence-electron chi connectivity index (χ3n) is 9.11. The Morgan fingerprint density at radius 2 is 1.42 bits per heavy atom. The zero-order valence-electron chi connectivity index (χ0n) is 24.7. The fraction of sp³-hybridized carbons (Fsp3) is 0.100. The summed E-state index contributed by atoms with van der Waals surface area (Å²) < 4.78 is 6.32. The topological polar surface area (TPSA) is 86.5 Å². The maximum absolute atomic E-state index is 10.4. The molecular formula is C40H26N4O. The molecule has 2 aromatic heterocycles. The average Bonchev–Trinajstić information content (AvgIpc) is 3.47. The second kappa shape index (κ2) is 10.3. The first-order valence-electron chi connectivity index (χ1n) is 15.0. The van der Waals surface area contributed by atoms with Gasteiger partial charge in [0, 0.05) is 28.3 Å². The summed E-state index contributed by atoms with van der Waals surface area (Å²) in [6.07, 6.45) is 0. The van der Waals surface area contributed by atoms with E-state index in [2.05, 4.69) is 62.4 Å². The zero-order chi connectivity index (χ0) is 30.7. The molecule has 2 unspecified atom stereocenters. The molecule has 0 saturated heterocycles. The van der Waals surface area contributed by atoms with Crippen molar-refractivity contribution in [2.75, 3.05) is 0 Å². The molecule has 0 radical (unpaired) electrons. The molecule has 0 amide bonds. The number of nitrogens with zero attached hydrogens (tertiary/aromatic N) is 4. The molecule has 1 aliphatic rings. The summed E-state index contributed by atoms with van der Waals surface area (Å²) in [5, 5.41) is 21.0. The summed E-state index contributed by atoms with van der Waals surface area (Å²) in [5.74, 6) is 0.536. The molecule has 0 spiro atoms. The number of nitriles is 2. The minimum Gasteiger partial charge on any atom is -0.452 e. The normalized spacial score (nSPS) is 15.3. The van der Waals surface area contributed by atoms with Gasteiger partial charge in [0.25, 0.3) is 0 Å². The number of furan rings is 1. The van der Waals surface area contributed by atoms with Crippen molar-refractivity contribution in [3.8, 4) is 34.8 Å². The fourth-order valence-electron chi connectivity index (χ4n) is 6.94. The predicted octanol–water partition coefficient (Wildman–Crippen LogP) is 9.41. The molecule has 8 rings (SSSR count). The molecule has 2 atom stereocenters. The smallest absolute Gasteiger partial charge is 0.180 e. The Labute approximate surface area is 260 Å². The van der Waals surface area contributed by atoms with Crippen LogP contribution in [-0.2, 0) is 0 Å². The largest absolute Gasteiger partial charge is 0.452 e. The highest BCUT2D eigenvalue weighted by Crippen LogP contribution is 2.48. The van der Waals surface area contributed by atoms with E-state index in [-0.39, 0.29) is 11.8 Å². The van der Waals surface area contributed by atoms with Crippen LogP contribution in [0.15, 0.2) is 114 Å². The van der Waals surface area contributed by atoms with Gasteiger partial charge >= 0.3 is 0 Å². The Balaban J connectivity index is 1.41. The summed E-state index contributed by atoms with van der Waals surface area (Å²) in [4.78, 5) is 10.2. The summed E-state index contributed by atoms with van der Waals surface area (Å²) in [7, 11) is 0. The van der Waals surface area contributed by atoms with Gasteiger partial charge in [-0.3, -0.25) is 0 Å². The maximum atomic E-state index is 10.4. The van der Waals surface area contributed by atoms with Gasteiger partial charge in [-0.2, -0.15) is 10.5 Å². The van der Waals surface area contributed by atoms with Crippen LogP contribution in [0.3, 0.4) is 0 Å². The van der Waals surface area contributed by atoms with Crippen molar-refractivity contribution in [3.05, 3.63) is 154 Å². The first-order valence-corrected chi connectivity index (χ1v) is 15.0. The number of aromatic nitrogens is 2. The van der Waals surface area contributed by atoms with E-state index in [9.17, 15) is 10.5 Å². The summed E-state index contributed by atoms with van der Waals surface area (Å²) in [6.45, 7) is 4.27. The zero-order valence-corrected chi connectivity index (χ0v) is 24.7. The van der Waals surface area contributed by atoms with Crippen LogP contribution >= 0.6 is 0 Å². The van der Waals surface area contributed by atoms with Crippen molar-refractivity contribution >= 4 is 22.1 Å². The fourth-order valence-corrected chi connectivity index (χ4v) is 6.94. The standard InChI is InChI=1S/C40H26N4O/c1-23-18-27(22-42)34(20-32(23)36-29-13-7-6-12-28(29)24(2)33-19-25(21-41)16-17-30(33)36)40-43-37(26-10-4-3-5-11-26)39-38(44-40)31-14-8-9-15-35(31)45-39/h3-20,24,36H,1-2H3. The van der Waals surface area contributed by atoms with E-state index in [4.69, 9.17) is 14.4 Å². The minimum absolute atomic E-state index is 0.0845. The molecule has 45 heavy (non-hydrogen) atoms. The van der Waals surface area contributed by atoms with E-state index in [0.717, 1.165) is 33.2 Å². The number of para-hydroxylation sites is 1. The van der Waals surface area contributed by atoms with Crippen LogP contribution in [0.4, 0.5) is 0 Å². The molecule has 212 valence electrons. The Hall–Kier alpha value is -6.04. The molecule has 0 saturated carbocycles. The van der Waals surface area contributed by atoms with Crippen molar-refractivity contribution in [2.24, 2.45) is 0 Å².